The zero-order valence-corrected chi connectivity index (χ0v) is 9.42. The van der Waals surface area contributed by atoms with Crippen LogP contribution < -0.4 is 5.73 Å². The molecule has 0 fully saturated rings. The first-order valence-electron chi connectivity index (χ1n) is 5.21. The Balaban J connectivity index is 2.34. The molecule has 0 aliphatic carbocycles. The highest BCUT2D eigenvalue weighted by Crippen LogP contribution is 2.15. The summed E-state index contributed by atoms with van der Waals surface area (Å²) >= 11 is 0. The van der Waals surface area contributed by atoms with E-state index in [1.165, 1.54) is 6.92 Å². The number of aromatic nitrogens is 2. The Kier molecular flexibility index (Phi) is 2.77. The van der Waals surface area contributed by atoms with Crippen LogP contribution in [0.5, 0.6) is 0 Å². The molecule has 0 saturated heterocycles. The van der Waals surface area contributed by atoms with E-state index in [1.54, 1.807) is 12.4 Å². The zero-order valence-electron chi connectivity index (χ0n) is 9.42. The number of carboxylic acids is 1. The molecule has 1 aromatic heterocycles. The summed E-state index contributed by atoms with van der Waals surface area (Å²) in [5.41, 5.74) is 6.79. The Hall–Kier alpha value is -2.01. The van der Waals surface area contributed by atoms with E-state index in [4.69, 9.17) is 10.8 Å². The fourth-order valence-corrected chi connectivity index (χ4v) is 1.62. The zero-order chi connectivity index (χ0) is 12.5. The van der Waals surface area contributed by atoms with Crippen molar-refractivity contribution < 1.29 is 9.90 Å². The highest BCUT2D eigenvalue weighted by molar-refractivity contribution is 5.79. The van der Waals surface area contributed by atoms with E-state index in [9.17, 15) is 4.79 Å². The number of nitrogens with two attached hydrogens (primary N) is 1. The van der Waals surface area contributed by atoms with Crippen molar-refractivity contribution in [1.82, 2.24) is 9.97 Å². The molecule has 1 aromatic carbocycles. The minimum Gasteiger partial charge on any atom is -0.480 e. The molecule has 5 heteroatoms. The number of hydrogen-bond donors (Lipinski definition) is 2. The molecular weight excluding hydrogens is 218 g/mol. The van der Waals surface area contributed by atoms with Gasteiger partial charge in [-0.05, 0) is 24.6 Å². The molecule has 1 heterocycles. The molecule has 0 aliphatic heterocycles. The van der Waals surface area contributed by atoms with Crippen LogP contribution in [-0.2, 0) is 11.2 Å². The third kappa shape index (κ3) is 2.39. The lowest BCUT2D eigenvalue weighted by Gasteiger charge is -2.18. The molecule has 2 aromatic rings. The van der Waals surface area contributed by atoms with Crippen molar-refractivity contribution >= 4 is 17.0 Å². The molecule has 5 nitrogen and oxygen atoms in total. The van der Waals surface area contributed by atoms with Gasteiger partial charge in [0.05, 0.1) is 11.0 Å². The van der Waals surface area contributed by atoms with Gasteiger partial charge in [-0.25, -0.2) is 0 Å². The van der Waals surface area contributed by atoms with Crippen LogP contribution in [0.4, 0.5) is 0 Å². The maximum Gasteiger partial charge on any atom is 0.323 e. The second kappa shape index (κ2) is 4.10. The van der Waals surface area contributed by atoms with Crippen LogP contribution in [0.1, 0.15) is 12.5 Å². The van der Waals surface area contributed by atoms with E-state index in [-0.39, 0.29) is 6.42 Å². The van der Waals surface area contributed by atoms with E-state index < -0.39 is 11.5 Å². The molecule has 0 amide bonds. The van der Waals surface area contributed by atoms with Crippen molar-refractivity contribution in [3.05, 3.63) is 36.2 Å². The third-order valence-corrected chi connectivity index (χ3v) is 2.59. The second-order valence-corrected chi connectivity index (χ2v) is 4.28. The van der Waals surface area contributed by atoms with Crippen molar-refractivity contribution in [2.24, 2.45) is 5.73 Å². The Labute approximate surface area is 98.3 Å². The van der Waals surface area contributed by atoms with Crippen molar-refractivity contribution in [3.63, 3.8) is 0 Å². The first kappa shape index (κ1) is 11.5. The molecule has 3 N–H and O–H groups in total. The van der Waals surface area contributed by atoms with Crippen molar-refractivity contribution in [2.45, 2.75) is 18.9 Å². The molecule has 1 unspecified atom stereocenters. The van der Waals surface area contributed by atoms with Crippen molar-refractivity contribution in [3.8, 4) is 0 Å². The van der Waals surface area contributed by atoms with E-state index >= 15 is 0 Å². The fourth-order valence-electron chi connectivity index (χ4n) is 1.62. The Morgan fingerprint density at radius 3 is 2.65 bits per heavy atom. The molecular formula is C12H13N3O2. The number of carboxylic acid groups (broad SMARTS) is 1. The van der Waals surface area contributed by atoms with Crippen LogP contribution in [0.25, 0.3) is 11.0 Å². The van der Waals surface area contributed by atoms with Crippen LogP contribution in [0, 0.1) is 0 Å². The standard InChI is InChI=1S/C12H13N3O2/c1-12(13,11(16)17)7-8-2-3-9-10(6-8)15-5-4-14-9/h2-6H,7,13H2,1H3,(H,16,17). The largest absolute Gasteiger partial charge is 0.480 e. The van der Waals surface area contributed by atoms with Gasteiger partial charge in [0.1, 0.15) is 5.54 Å². The molecule has 0 spiro atoms. The SMILES string of the molecule is CC(N)(Cc1ccc2nccnc2c1)C(=O)O. The minimum absolute atomic E-state index is 0.259. The molecule has 2 rings (SSSR count). The van der Waals surface area contributed by atoms with E-state index in [0.29, 0.717) is 0 Å². The predicted molar refractivity (Wildman–Crippen MR) is 63.5 cm³/mol. The van der Waals surface area contributed by atoms with Crippen LogP contribution in [-0.4, -0.2) is 26.6 Å². The summed E-state index contributed by atoms with van der Waals surface area (Å²) in [4.78, 5) is 19.2. The first-order valence-corrected chi connectivity index (χ1v) is 5.21. The number of rotatable bonds is 3. The van der Waals surface area contributed by atoms with Crippen LogP contribution >= 0.6 is 0 Å². The third-order valence-electron chi connectivity index (χ3n) is 2.59. The van der Waals surface area contributed by atoms with Gasteiger partial charge < -0.3 is 10.8 Å². The second-order valence-electron chi connectivity index (χ2n) is 4.28. The van der Waals surface area contributed by atoms with Crippen LogP contribution in [0.15, 0.2) is 30.6 Å². The molecule has 0 bridgehead atoms. The summed E-state index contributed by atoms with van der Waals surface area (Å²) < 4.78 is 0. The minimum atomic E-state index is -1.27. The van der Waals surface area contributed by atoms with Crippen LogP contribution in [0.3, 0.4) is 0 Å². The highest BCUT2D eigenvalue weighted by atomic mass is 16.4. The van der Waals surface area contributed by atoms with Gasteiger partial charge in [-0.15, -0.1) is 0 Å². The summed E-state index contributed by atoms with van der Waals surface area (Å²) in [5, 5.41) is 8.96. The van der Waals surface area contributed by atoms with Gasteiger partial charge in [0.2, 0.25) is 0 Å². The average molecular weight is 231 g/mol. The topological polar surface area (TPSA) is 89.1 Å². The van der Waals surface area contributed by atoms with Gasteiger partial charge in [0.15, 0.2) is 0 Å². The lowest BCUT2D eigenvalue weighted by molar-refractivity contribution is -0.142. The fraction of sp³-hybridized carbons (Fsp3) is 0.250. The molecule has 17 heavy (non-hydrogen) atoms. The lowest BCUT2D eigenvalue weighted by atomic mass is 9.94. The Morgan fingerprint density at radius 1 is 1.35 bits per heavy atom. The van der Waals surface area contributed by atoms with Gasteiger partial charge in [-0.2, -0.15) is 0 Å². The van der Waals surface area contributed by atoms with Crippen LogP contribution in [0.2, 0.25) is 0 Å². The highest BCUT2D eigenvalue weighted by Gasteiger charge is 2.28. The molecule has 0 aliphatic rings. The number of carbonyl (C=O) groups is 1. The maximum atomic E-state index is 10.9. The maximum absolute atomic E-state index is 10.9. The predicted octanol–water partition coefficient (Wildman–Crippen LogP) is 0.974. The van der Waals surface area contributed by atoms with Crippen molar-refractivity contribution in [1.29, 1.82) is 0 Å². The monoisotopic (exact) mass is 231 g/mol. The molecule has 1 atom stereocenters. The van der Waals surface area contributed by atoms with Crippen molar-refractivity contribution in [2.75, 3.05) is 0 Å². The molecule has 0 radical (unpaired) electrons. The van der Waals surface area contributed by atoms with Gasteiger partial charge >= 0.3 is 5.97 Å². The number of benzene rings is 1. The molecule has 0 saturated carbocycles. The van der Waals surface area contributed by atoms with E-state index in [0.717, 1.165) is 16.6 Å². The summed E-state index contributed by atoms with van der Waals surface area (Å²) in [6, 6.07) is 5.46. The van der Waals surface area contributed by atoms with Gasteiger partial charge in [-0.3, -0.25) is 14.8 Å². The van der Waals surface area contributed by atoms with E-state index in [2.05, 4.69) is 9.97 Å². The lowest BCUT2D eigenvalue weighted by Crippen LogP contribution is -2.46. The van der Waals surface area contributed by atoms with Gasteiger partial charge in [0, 0.05) is 18.8 Å². The molecule has 88 valence electrons. The van der Waals surface area contributed by atoms with Gasteiger partial charge in [0.25, 0.3) is 0 Å². The number of aliphatic carboxylic acids is 1. The summed E-state index contributed by atoms with van der Waals surface area (Å²) in [7, 11) is 0. The van der Waals surface area contributed by atoms with E-state index in [1.807, 2.05) is 18.2 Å². The summed E-state index contributed by atoms with van der Waals surface area (Å²) in [5.74, 6) is -1.02. The Bertz CT molecular complexity index is 566. The average Bonchev–Trinajstić information content (AvgIpc) is 2.28. The number of hydrogen-bond acceptors (Lipinski definition) is 4. The number of nitrogens with zero attached hydrogens (tertiary/aromatic N) is 2. The normalized spacial score (nSPS) is 14.5. The van der Waals surface area contributed by atoms with Gasteiger partial charge in [-0.1, -0.05) is 6.07 Å². The quantitative estimate of drug-likeness (QED) is 0.821. The smallest absolute Gasteiger partial charge is 0.323 e. The summed E-state index contributed by atoms with van der Waals surface area (Å²) in [6.45, 7) is 1.50. The first-order chi connectivity index (χ1) is 7.99. The number of fused-ring (bicyclic) bond motifs is 1. The summed E-state index contributed by atoms with van der Waals surface area (Å²) in [6.07, 6.45) is 3.48. The Morgan fingerprint density at radius 2 is 2.00 bits per heavy atom.